The van der Waals surface area contributed by atoms with Crippen LogP contribution in [0.2, 0.25) is 0 Å². The maximum atomic E-state index is 5.45. The smallest absolute Gasteiger partial charge is 0.0593 e. The Balaban J connectivity index is 3.08. The van der Waals surface area contributed by atoms with Crippen LogP contribution >= 0.6 is 0 Å². The van der Waals surface area contributed by atoms with Crippen LogP contribution in [0, 0.1) is 0 Å². The second-order valence-electron chi connectivity index (χ2n) is 3.54. The van der Waals surface area contributed by atoms with Crippen LogP contribution in [0.15, 0.2) is 0 Å². The molecule has 0 radical (unpaired) electrons. The second kappa shape index (κ2) is 7.56. The summed E-state index contributed by atoms with van der Waals surface area (Å²) in [7, 11) is 2.13. The molecule has 0 aliphatic rings. The van der Waals surface area contributed by atoms with Gasteiger partial charge in [-0.05, 0) is 27.3 Å². The summed E-state index contributed by atoms with van der Waals surface area (Å²) in [6.07, 6.45) is 2.41. The maximum Gasteiger partial charge on any atom is 0.0593 e. The molecule has 0 aliphatic heterocycles. The molecule has 0 amide bonds. The van der Waals surface area contributed by atoms with Gasteiger partial charge in [0.05, 0.1) is 6.61 Å². The van der Waals surface area contributed by atoms with Crippen LogP contribution in [-0.2, 0) is 4.74 Å². The predicted molar refractivity (Wildman–Crippen MR) is 53.5 cm³/mol. The van der Waals surface area contributed by atoms with Crippen LogP contribution < -0.4 is 0 Å². The van der Waals surface area contributed by atoms with Crippen molar-refractivity contribution in [2.75, 3.05) is 26.8 Å². The first-order valence-corrected chi connectivity index (χ1v) is 4.96. The maximum absolute atomic E-state index is 5.45. The molecule has 0 rings (SSSR count). The minimum absolute atomic E-state index is 0.625. The SMILES string of the molecule is CCCCOCCN(C)C(C)C. The van der Waals surface area contributed by atoms with Crippen molar-refractivity contribution in [3.05, 3.63) is 0 Å². The Labute approximate surface area is 76.9 Å². The molecule has 0 spiro atoms. The highest BCUT2D eigenvalue weighted by Crippen LogP contribution is 1.93. The molecule has 0 aromatic rings. The van der Waals surface area contributed by atoms with Crippen molar-refractivity contribution in [3.8, 4) is 0 Å². The third kappa shape index (κ3) is 6.62. The van der Waals surface area contributed by atoms with Gasteiger partial charge in [0.2, 0.25) is 0 Å². The molecule has 0 unspecified atom stereocenters. The van der Waals surface area contributed by atoms with E-state index in [4.69, 9.17) is 4.74 Å². The Morgan fingerprint density at radius 2 is 1.92 bits per heavy atom. The number of unbranched alkanes of at least 4 members (excludes halogenated alkanes) is 1. The largest absolute Gasteiger partial charge is 0.380 e. The summed E-state index contributed by atoms with van der Waals surface area (Å²) in [6.45, 7) is 9.42. The lowest BCUT2D eigenvalue weighted by Crippen LogP contribution is -2.29. The van der Waals surface area contributed by atoms with Crippen molar-refractivity contribution in [2.45, 2.75) is 39.7 Å². The lowest BCUT2D eigenvalue weighted by Gasteiger charge is -2.20. The fourth-order valence-electron chi connectivity index (χ4n) is 0.815. The molecule has 12 heavy (non-hydrogen) atoms. The molecule has 0 fully saturated rings. The molecular weight excluding hydrogens is 150 g/mol. The van der Waals surface area contributed by atoms with Crippen LogP contribution in [0.1, 0.15) is 33.6 Å². The zero-order chi connectivity index (χ0) is 9.40. The van der Waals surface area contributed by atoms with Gasteiger partial charge in [0.1, 0.15) is 0 Å². The molecule has 0 heterocycles. The van der Waals surface area contributed by atoms with Crippen LogP contribution in [0.25, 0.3) is 0 Å². The second-order valence-corrected chi connectivity index (χ2v) is 3.54. The molecule has 0 atom stereocenters. The van der Waals surface area contributed by atoms with Crippen LogP contribution in [0.3, 0.4) is 0 Å². The fraction of sp³-hybridized carbons (Fsp3) is 1.00. The van der Waals surface area contributed by atoms with Crippen molar-refractivity contribution in [3.63, 3.8) is 0 Å². The van der Waals surface area contributed by atoms with Crippen LogP contribution in [-0.4, -0.2) is 37.7 Å². The fourth-order valence-corrected chi connectivity index (χ4v) is 0.815. The summed E-state index contributed by atoms with van der Waals surface area (Å²) in [5.41, 5.74) is 0. The number of likely N-dealkylation sites (N-methyl/N-ethyl adjacent to an activating group) is 1. The number of hydrogen-bond acceptors (Lipinski definition) is 2. The summed E-state index contributed by atoms with van der Waals surface area (Å²) in [6, 6.07) is 0.625. The van der Waals surface area contributed by atoms with Gasteiger partial charge in [-0.15, -0.1) is 0 Å². The highest BCUT2D eigenvalue weighted by atomic mass is 16.5. The van der Waals surface area contributed by atoms with Crippen molar-refractivity contribution in [2.24, 2.45) is 0 Å². The molecule has 74 valence electrons. The van der Waals surface area contributed by atoms with E-state index in [1.807, 2.05) is 0 Å². The molecule has 2 nitrogen and oxygen atoms in total. The monoisotopic (exact) mass is 173 g/mol. The van der Waals surface area contributed by atoms with Crippen LogP contribution in [0.5, 0.6) is 0 Å². The van der Waals surface area contributed by atoms with E-state index in [1.54, 1.807) is 0 Å². The van der Waals surface area contributed by atoms with Gasteiger partial charge in [0.25, 0.3) is 0 Å². The van der Waals surface area contributed by atoms with E-state index in [1.165, 1.54) is 12.8 Å². The summed E-state index contributed by atoms with van der Waals surface area (Å²) >= 11 is 0. The molecule has 0 aliphatic carbocycles. The number of rotatable bonds is 7. The highest BCUT2D eigenvalue weighted by Gasteiger charge is 2.01. The first-order valence-electron chi connectivity index (χ1n) is 4.96. The Hall–Kier alpha value is -0.0800. The quantitative estimate of drug-likeness (QED) is 0.547. The summed E-state index contributed by atoms with van der Waals surface area (Å²) in [4.78, 5) is 2.30. The average Bonchev–Trinajstić information content (AvgIpc) is 2.03. The number of hydrogen-bond donors (Lipinski definition) is 0. The summed E-state index contributed by atoms with van der Waals surface area (Å²) < 4.78 is 5.45. The first kappa shape index (κ1) is 11.9. The summed E-state index contributed by atoms with van der Waals surface area (Å²) in [5.74, 6) is 0. The van der Waals surface area contributed by atoms with Gasteiger partial charge in [-0.3, -0.25) is 0 Å². The molecular formula is C10H23NO. The van der Waals surface area contributed by atoms with Gasteiger partial charge in [-0.25, -0.2) is 0 Å². The highest BCUT2D eigenvalue weighted by molar-refractivity contribution is 4.55. The molecule has 0 saturated carbocycles. The van der Waals surface area contributed by atoms with Crippen molar-refractivity contribution < 1.29 is 4.74 Å². The van der Waals surface area contributed by atoms with Crippen molar-refractivity contribution in [1.29, 1.82) is 0 Å². The minimum Gasteiger partial charge on any atom is -0.380 e. The average molecular weight is 173 g/mol. The van der Waals surface area contributed by atoms with E-state index in [0.29, 0.717) is 6.04 Å². The van der Waals surface area contributed by atoms with Gasteiger partial charge in [0.15, 0.2) is 0 Å². The molecule has 0 aromatic carbocycles. The van der Waals surface area contributed by atoms with E-state index in [9.17, 15) is 0 Å². The van der Waals surface area contributed by atoms with Gasteiger partial charge >= 0.3 is 0 Å². The molecule has 0 bridgehead atoms. The van der Waals surface area contributed by atoms with Crippen molar-refractivity contribution in [1.82, 2.24) is 4.90 Å². The Bertz CT molecular complexity index is 93.8. The lowest BCUT2D eigenvalue weighted by molar-refractivity contribution is 0.101. The zero-order valence-electron chi connectivity index (χ0n) is 8.97. The van der Waals surface area contributed by atoms with E-state index in [0.717, 1.165) is 19.8 Å². The Kier molecular flexibility index (Phi) is 7.51. The van der Waals surface area contributed by atoms with E-state index in [-0.39, 0.29) is 0 Å². The van der Waals surface area contributed by atoms with E-state index < -0.39 is 0 Å². The van der Waals surface area contributed by atoms with E-state index >= 15 is 0 Å². The molecule has 0 saturated heterocycles. The standard InChI is InChI=1S/C10H23NO/c1-5-6-8-12-9-7-11(4)10(2)3/h10H,5-9H2,1-4H3. The van der Waals surface area contributed by atoms with Crippen molar-refractivity contribution >= 4 is 0 Å². The summed E-state index contributed by atoms with van der Waals surface area (Å²) in [5, 5.41) is 0. The van der Waals surface area contributed by atoms with Gasteiger partial charge in [-0.1, -0.05) is 13.3 Å². The lowest BCUT2D eigenvalue weighted by atomic mass is 10.3. The normalized spacial score (nSPS) is 11.5. The third-order valence-corrected chi connectivity index (χ3v) is 2.11. The topological polar surface area (TPSA) is 12.5 Å². The molecule has 0 aromatic heterocycles. The van der Waals surface area contributed by atoms with Crippen LogP contribution in [0.4, 0.5) is 0 Å². The van der Waals surface area contributed by atoms with Gasteiger partial charge < -0.3 is 9.64 Å². The molecule has 2 heteroatoms. The number of ether oxygens (including phenoxy) is 1. The third-order valence-electron chi connectivity index (χ3n) is 2.11. The predicted octanol–water partition coefficient (Wildman–Crippen LogP) is 2.14. The molecule has 0 N–H and O–H groups in total. The first-order chi connectivity index (χ1) is 5.68. The van der Waals surface area contributed by atoms with Gasteiger partial charge in [-0.2, -0.15) is 0 Å². The zero-order valence-corrected chi connectivity index (χ0v) is 8.97. The number of nitrogens with zero attached hydrogens (tertiary/aromatic N) is 1. The Morgan fingerprint density at radius 1 is 1.25 bits per heavy atom. The Morgan fingerprint density at radius 3 is 2.42 bits per heavy atom. The minimum atomic E-state index is 0.625. The van der Waals surface area contributed by atoms with E-state index in [2.05, 4.69) is 32.7 Å². The van der Waals surface area contributed by atoms with Gasteiger partial charge in [0, 0.05) is 19.2 Å².